The van der Waals surface area contributed by atoms with Gasteiger partial charge in [-0.3, -0.25) is 9.79 Å². The molecule has 3 aromatic rings. The number of nitrogens with one attached hydrogen (secondary N) is 2. The standard InChI is InChI=1S/C23H28N6O.HI/c1-24-23(27-15-19-8-10-21(11-9-19)22(30)28(2)3)26-14-18-4-6-20(7-5-18)16-29-13-12-25-17-29;/h4-13,17H,14-16H2,1-3H3,(H2,24,26,27);1H. The van der Waals surface area contributed by atoms with Crippen LogP contribution in [0.15, 0.2) is 72.2 Å². The summed E-state index contributed by atoms with van der Waals surface area (Å²) < 4.78 is 2.04. The van der Waals surface area contributed by atoms with E-state index in [-0.39, 0.29) is 29.9 Å². The molecule has 1 amide bonds. The minimum atomic E-state index is 0. The van der Waals surface area contributed by atoms with Gasteiger partial charge < -0.3 is 20.1 Å². The second-order valence-electron chi connectivity index (χ2n) is 7.23. The van der Waals surface area contributed by atoms with Gasteiger partial charge >= 0.3 is 0 Å². The van der Waals surface area contributed by atoms with Gasteiger partial charge in [-0.05, 0) is 28.8 Å². The Hall–Kier alpha value is -2.88. The van der Waals surface area contributed by atoms with Gasteiger partial charge in [-0.1, -0.05) is 36.4 Å². The molecule has 0 unspecified atom stereocenters. The van der Waals surface area contributed by atoms with E-state index >= 15 is 0 Å². The van der Waals surface area contributed by atoms with E-state index in [4.69, 9.17) is 0 Å². The van der Waals surface area contributed by atoms with E-state index in [0.717, 1.165) is 18.1 Å². The monoisotopic (exact) mass is 532 g/mol. The van der Waals surface area contributed by atoms with Crippen LogP contribution < -0.4 is 10.6 Å². The molecular weight excluding hydrogens is 503 g/mol. The number of carbonyl (C=O) groups is 1. The van der Waals surface area contributed by atoms with Gasteiger partial charge in [0, 0.05) is 58.7 Å². The molecule has 0 saturated carbocycles. The third kappa shape index (κ3) is 7.39. The average molecular weight is 532 g/mol. The molecule has 0 radical (unpaired) electrons. The summed E-state index contributed by atoms with van der Waals surface area (Å²) in [6, 6.07) is 16.1. The van der Waals surface area contributed by atoms with Crippen LogP contribution in [0.5, 0.6) is 0 Å². The van der Waals surface area contributed by atoms with Crippen LogP contribution >= 0.6 is 24.0 Å². The Morgan fingerprint density at radius 2 is 1.52 bits per heavy atom. The maximum atomic E-state index is 12.0. The second-order valence-corrected chi connectivity index (χ2v) is 7.23. The van der Waals surface area contributed by atoms with Crippen molar-refractivity contribution in [2.24, 2.45) is 4.99 Å². The van der Waals surface area contributed by atoms with Crippen LogP contribution in [0, 0.1) is 0 Å². The largest absolute Gasteiger partial charge is 0.352 e. The number of amides is 1. The highest BCUT2D eigenvalue weighted by molar-refractivity contribution is 14.0. The van der Waals surface area contributed by atoms with Gasteiger partial charge in [0.15, 0.2) is 5.96 Å². The lowest BCUT2D eigenvalue weighted by Gasteiger charge is -2.13. The number of carbonyl (C=O) groups excluding carboxylic acids is 1. The van der Waals surface area contributed by atoms with Gasteiger partial charge in [-0.25, -0.2) is 4.98 Å². The number of benzene rings is 2. The molecule has 3 rings (SSSR count). The fourth-order valence-electron chi connectivity index (χ4n) is 2.97. The highest BCUT2D eigenvalue weighted by atomic mass is 127. The SMILES string of the molecule is CN=C(NCc1ccc(Cn2ccnc2)cc1)NCc1ccc(C(=O)N(C)C)cc1.I. The van der Waals surface area contributed by atoms with Gasteiger partial charge in [-0.15, -0.1) is 24.0 Å². The van der Waals surface area contributed by atoms with Crippen molar-refractivity contribution in [3.05, 3.63) is 89.5 Å². The molecule has 0 bridgehead atoms. The lowest BCUT2D eigenvalue weighted by Crippen LogP contribution is -2.36. The highest BCUT2D eigenvalue weighted by Gasteiger charge is 2.07. The lowest BCUT2D eigenvalue weighted by molar-refractivity contribution is 0.0827. The maximum Gasteiger partial charge on any atom is 0.253 e. The fourth-order valence-corrected chi connectivity index (χ4v) is 2.97. The number of imidazole rings is 1. The van der Waals surface area contributed by atoms with E-state index in [0.29, 0.717) is 18.7 Å². The van der Waals surface area contributed by atoms with Crippen molar-refractivity contribution in [3.63, 3.8) is 0 Å². The molecule has 8 heteroatoms. The molecule has 31 heavy (non-hydrogen) atoms. The zero-order valence-electron chi connectivity index (χ0n) is 18.1. The molecule has 7 nitrogen and oxygen atoms in total. The van der Waals surface area contributed by atoms with E-state index < -0.39 is 0 Å². The molecule has 2 N–H and O–H groups in total. The van der Waals surface area contributed by atoms with E-state index in [1.165, 1.54) is 11.1 Å². The van der Waals surface area contributed by atoms with Gasteiger partial charge in [-0.2, -0.15) is 0 Å². The Morgan fingerprint density at radius 3 is 2.00 bits per heavy atom. The topological polar surface area (TPSA) is 74.5 Å². The Balaban J connectivity index is 0.00000341. The predicted octanol–water partition coefficient (Wildman–Crippen LogP) is 3.12. The summed E-state index contributed by atoms with van der Waals surface area (Å²) in [5, 5.41) is 6.63. The van der Waals surface area contributed by atoms with Gasteiger partial charge in [0.25, 0.3) is 5.91 Å². The average Bonchev–Trinajstić information content (AvgIpc) is 3.28. The molecule has 164 valence electrons. The number of hydrogen-bond donors (Lipinski definition) is 2. The summed E-state index contributed by atoms with van der Waals surface area (Å²) in [5.41, 5.74) is 4.18. The summed E-state index contributed by atoms with van der Waals surface area (Å²) in [6.07, 6.45) is 5.56. The minimum Gasteiger partial charge on any atom is -0.352 e. The van der Waals surface area contributed by atoms with Crippen LogP contribution in [0.1, 0.15) is 27.0 Å². The molecular formula is C23H29IN6O. The Bertz CT molecular complexity index is 966. The number of rotatable bonds is 7. The molecule has 0 fully saturated rings. The van der Waals surface area contributed by atoms with Crippen LogP contribution in [-0.4, -0.2) is 47.5 Å². The summed E-state index contributed by atoms with van der Waals surface area (Å²) in [5.74, 6) is 0.731. The zero-order chi connectivity index (χ0) is 21.3. The Labute approximate surface area is 200 Å². The second kappa shape index (κ2) is 12.1. The van der Waals surface area contributed by atoms with Crippen LogP contribution in [-0.2, 0) is 19.6 Å². The predicted molar refractivity (Wildman–Crippen MR) is 135 cm³/mol. The summed E-state index contributed by atoms with van der Waals surface area (Å²) in [6.45, 7) is 2.12. The summed E-state index contributed by atoms with van der Waals surface area (Å²) in [4.78, 5) is 21.9. The molecule has 2 aromatic carbocycles. The molecule has 0 spiro atoms. The quantitative estimate of drug-likeness (QED) is 0.279. The van der Waals surface area contributed by atoms with Crippen molar-refractivity contribution < 1.29 is 4.79 Å². The van der Waals surface area contributed by atoms with Crippen molar-refractivity contribution in [1.82, 2.24) is 25.1 Å². The number of halogens is 1. The first-order valence-corrected chi connectivity index (χ1v) is 9.84. The van der Waals surface area contributed by atoms with Crippen LogP contribution in [0.25, 0.3) is 0 Å². The van der Waals surface area contributed by atoms with Crippen molar-refractivity contribution in [1.29, 1.82) is 0 Å². The normalized spacial score (nSPS) is 10.9. The molecule has 0 saturated heterocycles. The Morgan fingerprint density at radius 1 is 0.968 bits per heavy atom. The number of guanidine groups is 1. The number of aromatic nitrogens is 2. The zero-order valence-corrected chi connectivity index (χ0v) is 20.4. The molecule has 0 atom stereocenters. The smallest absolute Gasteiger partial charge is 0.253 e. The van der Waals surface area contributed by atoms with Gasteiger partial charge in [0.2, 0.25) is 0 Å². The van der Waals surface area contributed by atoms with Gasteiger partial charge in [0.1, 0.15) is 0 Å². The van der Waals surface area contributed by atoms with Gasteiger partial charge in [0.05, 0.1) is 6.33 Å². The van der Waals surface area contributed by atoms with Crippen LogP contribution in [0.4, 0.5) is 0 Å². The van der Waals surface area contributed by atoms with E-state index in [2.05, 4.69) is 44.9 Å². The number of hydrogen-bond acceptors (Lipinski definition) is 3. The van der Waals surface area contributed by atoms with Crippen molar-refractivity contribution in [3.8, 4) is 0 Å². The van der Waals surface area contributed by atoms with E-state index in [9.17, 15) is 4.79 Å². The van der Waals surface area contributed by atoms with Crippen LogP contribution in [0.2, 0.25) is 0 Å². The van der Waals surface area contributed by atoms with Crippen molar-refractivity contribution >= 4 is 35.8 Å². The molecule has 0 aliphatic heterocycles. The van der Waals surface area contributed by atoms with Crippen molar-refractivity contribution in [2.45, 2.75) is 19.6 Å². The molecule has 0 aliphatic carbocycles. The first kappa shape index (κ1) is 24.4. The van der Waals surface area contributed by atoms with Crippen LogP contribution in [0.3, 0.4) is 0 Å². The third-order valence-electron chi connectivity index (χ3n) is 4.70. The third-order valence-corrected chi connectivity index (χ3v) is 4.70. The van der Waals surface area contributed by atoms with Crippen molar-refractivity contribution in [2.75, 3.05) is 21.1 Å². The molecule has 1 aromatic heterocycles. The highest BCUT2D eigenvalue weighted by Crippen LogP contribution is 2.08. The minimum absolute atomic E-state index is 0. The lowest BCUT2D eigenvalue weighted by atomic mass is 10.1. The Kier molecular flexibility index (Phi) is 9.51. The first-order valence-electron chi connectivity index (χ1n) is 9.84. The number of aliphatic imine (C=N–C) groups is 1. The molecule has 1 heterocycles. The van der Waals surface area contributed by atoms with E-state index in [1.54, 1.807) is 32.2 Å². The summed E-state index contributed by atoms with van der Waals surface area (Å²) in [7, 11) is 5.25. The maximum absolute atomic E-state index is 12.0. The number of nitrogens with zero attached hydrogens (tertiary/aromatic N) is 4. The van der Waals surface area contributed by atoms with E-state index in [1.807, 2.05) is 41.4 Å². The summed E-state index contributed by atoms with van der Waals surface area (Å²) >= 11 is 0. The first-order chi connectivity index (χ1) is 14.5. The molecule has 0 aliphatic rings. The fraction of sp³-hybridized carbons (Fsp3) is 0.261.